The number of oxazole rings is 1. The zero-order chi connectivity index (χ0) is 13.5. The lowest BCUT2D eigenvalue weighted by atomic mass is 9.71. The predicted octanol–water partition coefficient (Wildman–Crippen LogP) is 4.37. The molecule has 4 heteroatoms. The maximum Gasteiger partial charge on any atom is 0.417 e. The van der Waals surface area contributed by atoms with Crippen LogP contribution < -0.4 is 5.76 Å². The quantitative estimate of drug-likeness (QED) is 0.830. The van der Waals surface area contributed by atoms with Gasteiger partial charge < -0.3 is 4.42 Å². The van der Waals surface area contributed by atoms with Gasteiger partial charge in [-0.05, 0) is 36.0 Å². The summed E-state index contributed by atoms with van der Waals surface area (Å²) in [6.45, 7) is 2.27. The Morgan fingerprint density at radius 1 is 1.32 bits per heavy atom. The summed E-state index contributed by atoms with van der Waals surface area (Å²) in [5.74, 6) is -0.415. The van der Waals surface area contributed by atoms with Crippen LogP contribution in [0.25, 0.3) is 11.1 Å². The number of H-pyrrole nitrogens is 1. The van der Waals surface area contributed by atoms with E-state index in [2.05, 4.69) is 11.9 Å². The molecule has 0 aliphatic heterocycles. The Morgan fingerprint density at radius 2 is 2.05 bits per heavy atom. The summed E-state index contributed by atoms with van der Waals surface area (Å²) in [6.07, 6.45) is 6.14. The molecule has 19 heavy (non-hydrogen) atoms. The lowest BCUT2D eigenvalue weighted by Crippen LogP contribution is -2.25. The molecule has 102 valence electrons. The average Bonchev–Trinajstić information content (AvgIpc) is 2.77. The highest BCUT2D eigenvalue weighted by Gasteiger charge is 2.35. The standard InChI is InChI=1S/C15H18ClNO2/c1-15(7-3-2-4-8-15)13(16)10-5-6-11-12(9-10)19-14(18)17-11/h5-6,9,13H,2-4,7-8H2,1H3,(H,17,18). The van der Waals surface area contributed by atoms with Gasteiger partial charge in [0, 0.05) is 0 Å². The van der Waals surface area contributed by atoms with Gasteiger partial charge in [0.05, 0.1) is 10.9 Å². The summed E-state index contributed by atoms with van der Waals surface area (Å²) in [6, 6.07) is 5.76. The molecule has 0 radical (unpaired) electrons. The lowest BCUT2D eigenvalue weighted by molar-refractivity contribution is 0.206. The molecule has 0 spiro atoms. The summed E-state index contributed by atoms with van der Waals surface area (Å²) in [5.41, 5.74) is 2.50. The van der Waals surface area contributed by atoms with Crippen molar-refractivity contribution in [2.75, 3.05) is 0 Å². The first-order valence-corrected chi connectivity index (χ1v) is 7.29. The Bertz CT molecular complexity index is 637. The zero-order valence-electron chi connectivity index (χ0n) is 11.0. The van der Waals surface area contributed by atoms with Crippen LogP contribution in [0.2, 0.25) is 0 Å². The summed E-state index contributed by atoms with van der Waals surface area (Å²) >= 11 is 6.70. The van der Waals surface area contributed by atoms with Crippen molar-refractivity contribution in [2.24, 2.45) is 5.41 Å². The SMILES string of the molecule is CC1(C(Cl)c2ccc3[nH]c(=O)oc3c2)CCCCC1. The van der Waals surface area contributed by atoms with Crippen LogP contribution in [0.4, 0.5) is 0 Å². The Kier molecular flexibility index (Phi) is 3.17. The number of aromatic nitrogens is 1. The van der Waals surface area contributed by atoms with Crippen molar-refractivity contribution < 1.29 is 4.42 Å². The highest BCUT2D eigenvalue weighted by molar-refractivity contribution is 6.21. The molecule has 0 bridgehead atoms. The fraction of sp³-hybridized carbons (Fsp3) is 0.533. The third kappa shape index (κ3) is 2.32. The molecule has 1 heterocycles. The van der Waals surface area contributed by atoms with Gasteiger partial charge in [0.1, 0.15) is 0 Å². The molecule has 3 rings (SSSR count). The van der Waals surface area contributed by atoms with E-state index >= 15 is 0 Å². The minimum absolute atomic E-state index is 0.0302. The molecule has 1 atom stereocenters. The number of benzene rings is 1. The van der Waals surface area contributed by atoms with Gasteiger partial charge in [-0.3, -0.25) is 4.98 Å². The van der Waals surface area contributed by atoms with Crippen LogP contribution in [0.3, 0.4) is 0 Å². The molecule has 0 amide bonds. The molecule has 1 unspecified atom stereocenters. The maximum atomic E-state index is 11.2. The molecule has 1 aromatic carbocycles. The van der Waals surface area contributed by atoms with E-state index < -0.39 is 5.76 Å². The van der Waals surface area contributed by atoms with Crippen LogP contribution in [0.1, 0.15) is 50.0 Å². The lowest BCUT2D eigenvalue weighted by Gasteiger charge is -2.37. The molecule has 1 saturated carbocycles. The number of halogens is 1. The Labute approximate surface area is 117 Å². The predicted molar refractivity (Wildman–Crippen MR) is 76.6 cm³/mol. The average molecular weight is 280 g/mol. The molecule has 0 saturated heterocycles. The number of alkyl halides is 1. The van der Waals surface area contributed by atoms with Crippen LogP contribution >= 0.6 is 11.6 Å². The molecule has 1 fully saturated rings. The van der Waals surface area contributed by atoms with Crippen molar-refractivity contribution in [3.63, 3.8) is 0 Å². The van der Waals surface area contributed by atoms with Gasteiger partial charge in [-0.1, -0.05) is 32.3 Å². The van der Waals surface area contributed by atoms with Crippen molar-refractivity contribution in [3.05, 3.63) is 34.3 Å². The van der Waals surface area contributed by atoms with Crippen LogP contribution in [0.15, 0.2) is 27.4 Å². The summed E-state index contributed by atoms with van der Waals surface area (Å²) in [7, 11) is 0. The van der Waals surface area contributed by atoms with E-state index in [4.69, 9.17) is 16.0 Å². The van der Waals surface area contributed by atoms with Crippen molar-refractivity contribution >= 4 is 22.7 Å². The zero-order valence-corrected chi connectivity index (χ0v) is 11.8. The number of aromatic amines is 1. The van der Waals surface area contributed by atoms with Gasteiger partial charge in [-0.2, -0.15) is 0 Å². The van der Waals surface area contributed by atoms with Crippen molar-refractivity contribution in [1.29, 1.82) is 0 Å². The van der Waals surface area contributed by atoms with E-state index in [9.17, 15) is 4.79 Å². The second-order valence-corrected chi connectivity index (χ2v) is 6.28. The number of fused-ring (bicyclic) bond motifs is 1. The first-order chi connectivity index (χ1) is 9.08. The normalized spacial score (nSPS) is 20.5. The van der Waals surface area contributed by atoms with Crippen LogP contribution in [0, 0.1) is 5.41 Å². The molecule has 3 nitrogen and oxygen atoms in total. The number of nitrogens with one attached hydrogen (secondary N) is 1. The van der Waals surface area contributed by atoms with E-state index in [-0.39, 0.29) is 10.8 Å². The topological polar surface area (TPSA) is 46.0 Å². The summed E-state index contributed by atoms with van der Waals surface area (Å²) in [4.78, 5) is 13.8. The van der Waals surface area contributed by atoms with Gasteiger partial charge in [0.15, 0.2) is 5.58 Å². The third-order valence-electron chi connectivity index (χ3n) is 4.35. The Balaban J connectivity index is 1.96. The van der Waals surface area contributed by atoms with E-state index in [0.29, 0.717) is 5.58 Å². The van der Waals surface area contributed by atoms with Gasteiger partial charge in [0.2, 0.25) is 0 Å². The van der Waals surface area contributed by atoms with Gasteiger partial charge in [0.25, 0.3) is 0 Å². The van der Waals surface area contributed by atoms with Crippen LogP contribution in [-0.4, -0.2) is 4.98 Å². The second kappa shape index (κ2) is 4.71. The largest absolute Gasteiger partial charge is 0.417 e. The van der Waals surface area contributed by atoms with E-state index in [1.54, 1.807) is 0 Å². The highest BCUT2D eigenvalue weighted by atomic mass is 35.5. The Morgan fingerprint density at radius 3 is 2.79 bits per heavy atom. The monoisotopic (exact) mass is 279 g/mol. The molecule has 1 N–H and O–H groups in total. The van der Waals surface area contributed by atoms with E-state index in [1.807, 2.05) is 18.2 Å². The van der Waals surface area contributed by atoms with Gasteiger partial charge in [-0.25, -0.2) is 4.79 Å². The summed E-state index contributed by atoms with van der Waals surface area (Å²) in [5, 5.41) is -0.0302. The maximum absolute atomic E-state index is 11.2. The smallest absolute Gasteiger partial charge is 0.408 e. The first kappa shape index (κ1) is 12.8. The Hall–Kier alpha value is -1.22. The van der Waals surface area contributed by atoms with Gasteiger partial charge in [-0.15, -0.1) is 11.6 Å². The molecule has 1 aromatic heterocycles. The molecule has 1 aliphatic carbocycles. The van der Waals surface area contributed by atoms with Crippen molar-refractivity contribution in [2.45, 2.75) is 44.4 Å². The summed E-state index contributed by atoms with van der Waals surface area (Å²) < 4.78 is 5.11. The van der Waals surface area contributed by atoms with E-state index in [0.717, 1.165) is 23.9 Å². The number of rotatable bonds is 2. The molecular formula is C15H18ClNO2. The minimum atomic E-state index is -0.415. The number of hydrogen-bond donors (Lipinski definition) is 1. The second-order valence-electron chi connectivity index (χ2n) is 5.85. The van der Waals surface area contributed by atoms with Gasteiger partial charge >= 0.3 is 5.76 Å². The number of hydrogen-bond acceptors (Lipinski definition) is 2. The fourth-order valence-electron chi connectivity index (χ4n) is 3.13. The fourth-order valence-corrected chi connectivity index (χ4v) is 3.49. The molecular weight excluding hydrogens is 262 g/mol. The van der Waals surface area contributed by atoms with Crippen molar-refractivity contribution in [3.8, 4) is 0 Å². The third-order valence-corrected chi connectivity index (χ3v) is 5.12. The first-order valence-electron chi connectivity index (χ1n) is 6.85. The molecule has 1 aliphatic rings. The van der Waals surface area contributed by atoms with Crippen LogP contribution in [0.5, 0.6) is 0 Å². The van der Waals surface area contributed by atoms with E-state index in [1.165, 1.54) is 19.3 Å². The minimum Gasteiger partial charge on any atom is -0.408 e. The van der Waals surface area contributed by atoms with Crippen molar-refractivity contribution in [1.82, 2.24) is 4.98 Å². The molecule has 2 aromatic rings. The highest BCUT2D eigenvalue weighted by Crippen LogP contribution is 2.49. The van der Waals surface area contributed by atoms with Crippen LogP contribution in [-0.2, 0) is 0 Å².